The average Bonchev–Trinajstić information content (AvgIpc) is 2.08. The second-order valence-corrected chi connectivity index (χ2v) is 4.62. The van der Waals surface area contributed by atoms with Crippen LogP contribution in [0.2, 0.25) is 0 Å². The summed E-state index contributed by atoms with van der Waals surface area (Å²) in [6.45, 7) is 1.04. The van der Waals surface area contributed by atoms with Gasteiger partial charge >= 0.3 is 0 Å². The molecule has 0 unspecified atom stereocenters. The van der Waals surface area contributed by atoms with Crippen LogP contribution in [-0.4, -0.2) is 11.5 Å². The molecular weight excluding hydrogens is 242 g/mol. The van der Waals surface area contributed by atoms with E-state index in [9.17, 15) is 0 Å². The number of anilines is 2. The third-order valence-electron chi connectivity index (χ3n) is 2.68. The fraction of sp³-hybridized carbons (Fsp3) is 0.500. The first-order chi connectivity index (χ1) is 6.75. The van der Waals surface area contributed by atoms with E-state index >= 15 is 0 Å². The second-order valence-electron chi connectivity index (χ2n) is 3.77. The molecule has 14 heavy (non-hydrogen) atoms. The van der Waals surface area contributed by atoms with Gasteiger partial charge in [0.1, 0.15) is 5.82 Å². The van der Waals surface area contributed by atoms with Gasteiger partial charge in [-0.1, -0.05) is 6.42 Å². The molecule has 1 fully saturated rings. The van der Waals surface area contributed by atoms with Crippen LogP contribution in [0.5, 0.6) is 0 Å². The first-order valence-corrected chi connectivity index (χ1v) is 5.70. The molecule has 1 aliphatic carbocycles. The van der Waals surface area contributed by atoms with Gasteiger partial charge in [0.2, 0.25) is 0 Å². The van der Waals surface area contributed by atoms with Crippen molar-refractivity contribution in [1.29, 1.82) is 0 Å². The zero-order valence-electron chi connectivity index (χ0n) is 7.96. The van der Waals surface area contributed by atoms with Crippen LogP contribution in [-0.2, 0) is 0 Å². The predicted octanol–water partition coefficient (Wildman–Crippen LogP) is 2.64. The third kappa shape index (κ3) is 2.18. The number of rotatable bonds is 3. The van der Waals surface area contributed by atoms with E-state index in [-0.39, 0.29) is 0 Å². The van der Waals surface area contributed by atoms with Crippen LogP contribution in [0.15, 0.2) is 16.7 Å². The number of nitrogens with one attached hydrogen (secondary N) is 1. The highest BCUT2D eigenvalue weighted by Crippen LogP contribution is 2.28. The van der Waals surface area contributed by atoms with E-state index in [2.05, 4.69) is 26.2 Å². The van der Waals surface area contributed by atoms with Gasteiger partial charge in [0.05, 0.1) is 10.2 Å². The Morgan fingerprint density at radius 3 is 3.00 bits per heavy atom. The lowest BCUT2D eigenvalue weighted by atomic mass is 9.85. The third-order valence-corrected chi connectivity index (χ3v) is 3.31. The number of nitrogens with zero attached hydrogens (tertiary/aromatic N) is 1. The summed E-state index contributed by atoms with van der Waals surface area (Å²) < 4.78 is 0.978. The Kier molecular flexibility index (Phi) is 2.91. The molecule has 0 spiro atoms. The minimum atomic E-state index is 0.560. The van der Waals surface area contributed by atoms with Crippen molar-refractivity contribution in [3.05, 3.63) is 16.7 Å². The molecule has 0 bridgehead atoms. The maximum atomic E-state index is 5.61. The molecule has 3 nitrogen and oxygen atoms in total. The Bertz CT molecular complexity index is 323. The molecule has 76 valence electrons. The van der Waals surface area contributed by atoms with E-state index in [1.807, 2.05) is 6.07 Å². The molecule has 2 rings (SSSR count). The van der Waals surface area contributed by atoms with Gasteiger partial charge in [0, 0.05) is 18.8 Å². The number of nitrogens with two attached hydrogens (primary N) is 1. The molecule has 0 radical (unpaired) electrons. The number of hydrogen-bond acceptors (Lipinski definition) is 3. The monoisotopic (exact) mass is 255 g/mol. The highest BCUT2D eigenvalue weighted by atomic mass is 79.9. The summed E-state index contributed by atoms with van der Waals surface area (Å²) in [4.78, 5) is 3.99. The minimum absolute atomic E-state index is 0.560. The molecule has 1 aliphatic rings. The van der Waals surface area contributed by atoms with Crippen LogP contribution in [0.1, 0.15) is 19.3 Å². The Morgan fingerprint density at radius 2 is 2.36 bits per heavy atom. The van der Waals surface area contributed by atoms with Gasteiger partial charge in [-0.05, 0) is 34.7 Å². The van der Waals surface area contributed by atoms with Crippen molar-refractivity contribution >= 4 is 27.4 Å². The molecular formula is C10H14BrN3. The molecule has 1 heterocycles. The van der Waals surface area contributed by atoms with Gasteiger partial charge in [-0.25, -0.2) is 4.98 Å². The number of aromatic nitrogens is 1. The average molecular weight is 256 g/mol. The standard InChI is InChI=1S/C10H14BrN3/c11-8-6-14-10(12)4-9(8)13-5-7-2-1-3-7/h4,6-7H,1-3,5H2,(H3,12,13,14). The van der Waals surface area contributed by atoms with Crippen molar-refractivity contribution in [3.8, 4) is 0 Å². The van der Waals surface area contributed by atoms with Crippen molar-refractivity contribution < 1.29 is 0 Å². The Labute approximate surface area is 92.2 Å². The van der Waals surface area contributed by atoms with Crippen LogP contribution in [0, 0.1) is 5.92 Å². The molecule has 3 N–H and O–H groups in total. The van der Waals surface area contributed by atoms with E-state index in [4.69, 9.17) is 5.73 Å². The summed E-state index contributed by atoms with van der Waals surface area (Å²) in [5.41, 5.74) is 6.65. The maximum absolute atomic E-state index is 5.61. The molecule has 0 amide bonds. The molecule has 4 heteroatoms. The minimum Gasteiger partial charge on any atom is -0.384 e. The second kappa shape index (κ2) is 4.17. The highest BCUT2D eigenvalue weighted by molar-refractivity contribution is 9.10. The van der Waals surface area contributed by atoms with Gasteiger partial charge in [-0.3, -0.25) is 0 Å². The molecule has 0 saturated heterocycles. The molecule has 0 atom stereocenters. The van der Waals surface area contributed by atoms with Crippen LogP contribution >= 0.6 is 15.9 Å². The van der Waals surface area contributed by atoms with Crippen molar-refractivity contribution in [2.24, 2.45) is 5.92 Å². The summed E-state index contributed by atoms with van der Waals surface area (Å²) in [6.07, 6.45) is 5.82. The fourth-order valence-corrected chi connectivity index (χ4v) is 1.90. The molecule has 1 aromatic heterocycles. The number of halogens is 1. The van der Waals surface area contributed by atoms with Gasteiger partial charge in [-0.15, -0.1) is 0 Å². The summed E-state index contributed by atoms with van der Waals surface area (Å²) >= 11 is 3.44. The van der Waals surface area contributed by atoms with E-state index in [1.165, 1.54) is 19.3 Å². The van der Waals surface area contributed by atoms with E-state index < -0.39 is 0 Å². The summed E-state index contributed by atoms with van der Waals surface area (Å²) in [7, 11) is 0. The van der Waals surface area contributed by atoms with Crippen molar-refractivity contribution in [2.75, 3.05) is 17.6 Å². The number of hydrogen-bond donors (Lipinski definition) is 2. The van der Waals surface area contributed by atoms with Crippen molar-refractivity contribution in [3.63, 3.8) is 0 Å². The lowest BCUT2D eigenvalue weighted by molar-refractivity contribution is 0.333. The first-order valence-electron chi connectivity index (χ1n) is 4.90. The van der Waals surface area contributed by atoms with Crippen molar-refractivity contribution in [2.45, 2.75) is 19.3 Å². The van der Waals surface area contributed by atoms with Crippen LogP contribution in [0.25, 0.3) is 0 Å². The van der Waals surface area contributed by atoms with Gasteiger partial charge in [0.25, 0.3) is 0 Å². The van der Waals surface area contributed by atoms with Crippen LogP contribution in [0.4, 0.5) is 11.5 Å². The summed E-state index contributed by atoms with van der Waals surface area (Å²) in [5.74, 6) is 1.40. The zero-order chi connectivity index (χ0) is 9.97. The van der Waals surface area contributed by atoms with Gasteiger partial charge < -0.3 is 11.1 Å². The van der Waals surface area contributed by atoms with Crippen molar-refractivity contribution in [1.82, 2.24) is 4.98 Å². The van der Waals surface area contributed by atoms with Crippen LogP contribution in [0.3, 0.4) is 0 Å². The molecule has 0 aliphatic heterocycles. The lowest BCUT2D eigenvalue weighted by Crippen LogP contribution is -2.21. The fourth-order valence-electron chi connectivity index (χ4n) is 1.54. The Balaban J connectivity index is 1.96. The highest BCUT2D eigenvalue weighted by Gasteiger charge is 2.17. The zero-order valence-corrected chi connectivity index (χ0v) is 9.55. The summed E-state index contributed by atoms with van der Waals surface area (Å²) in [5, 5.41) is 3.39. The topological polar surface area (TPSA) is 50.9 Å². The molecule has 1 saturated carbocycles. The largest absolute Gasteiger partial charge is 0.384 e. The number of nitrogen functional groups attached to an aromatic ring is 1. The molecule has 1 aromatic rings. The normalized spacial score (nSPS) is 16.4. The van der Waals surface area contributed by atoms with Crippen LogP contribution < -0.4 is 11.1 Å². The van der Waals surface area contributed by atoms with E-state index in [0.717, 1.165) is 22.6 Å². The SMILES string of the molecule is Nc1cc(NCC2CCC2)c(Br)cn1. The maximum Gasteiger partial charge on any atom is 0.125 e. The first kappa shape index (κ1) is 9.77. The lowest BCUT2D eigenvalue weighted by Gasteiger charge is -2.26. The Morgan fingerprint density at radius 1 is 1.57 bits per heavy atom. The van der Waals surface area contributed by atoms with E-state index in [0.29, 0.717) is 5.82 Å². The predicted molar refractivity (Wildman–Crippen MR) is 62.2 cm³/mol. The quantitative estimate of drug-likeness (QED) is 0.874. The number of pyridine rings is 1. The molecule has 0 aromatic carbocycles. The van der Waals surface area contributed by atoms with Gasteiger partial charge in [-0.2, -0.15) is 0 Å². The summed E-state index contributed by atoms with van der Waals surface area (Å²) in [6, 6.07) is 1.86. The smallest absolute Gasteiger partial charge is 0.125 e. The van der Waals surface area contributed by atoms with E-state index in [1.54, 1.807) is 6.20 Å². The van der Waals surface area contributed by atoms with Gasteiger partial charge in [0.15, 0.2) is 0 Å². The Hall–Kier alpha value is -0.770.